The van der Waals surface area contributed by atoms with E-state index in [0.29, 0.717) is 18.6 Å². The molecule has 2 aromatic rings. The van der Waals surface area contributed by atoms with Crippen molar-refractivity contribution in [3.8, 4) is 11.5 Å². The van der Waals surface area contributed by atoms with E-state index in [2.05, 4.69) is 48.4 Å². The number of rotatable bonds is 4. The lowest BCUT2D eigenvalue weighted by atomic mass is 9.53. The fourth-order valence-corrected chi connectivity index (χ4v) is 6.26. The Hall–Kier alpha value is -2.30. The van der Waals surface area contributed by atoms with Crippen LogP contribution in [0.3, 0.4) is 0 Å². The van der Waals surface area contributed by atoms with E-state index in [1.807, 2.05) is 18.2 Å². The maximum atomic E-state index is 6.72. The van der Waals surface area contributed by atoms with Gasteiger partial charge in [-0.3, -0.25) is 0 Å². The highest BCUT2D eigenvalue weighted by Crippen LogP contribution is 2.62. The summed E-state index contributed by atoms with van der Waals surface area (Å²) in [4.78, 5) is 2.53. The largest absolute Gasteiger partial charge is 0.485 e. The van der Waals surface area contributed by atoms with Gasteiger partial charge in [0.1, 0.15) is 18.8 Å². The van der Waals surface area contributed by atoms with Crippen molar-refractivity contribution in [3.05, 3.63) is 71.3 Å². The molecule has 150 valence electrons. The topological polar surface area (TPSA) is 30.9 Å². The van der Waals surface area contributed by atoms with Gasteiger partial charge in [0.2, 0.25) is 0 Å². The van der Waals surface area contributed by atoms with E-state index in [-0.39, 0.29) is 17.6 Å². The summed E-state index contributed by atoms with van der Waals surface area (Å²) in [6.07, 6.45) is 6.81. The van der Waals surface area contributed by atoms with Crippen LogP contribution in [0, 0.1) is 5.92 Å². The highest BCUT2D eigenvalue weighted by molar-refractivity contribution is 5.62. The number of ether oxygens (including phenoxy) is 3. The Morgan fingerprint density at radius 3 is 2.83 bits per heavy atom. The second-order valence-electron chi connectivity index (χ2n) is 8.89. The quantitative estimate of drug-likeness (QED) is 0.746. The van der Waals surface area contributed by atoms with E-state index in [0.717, 1.165) is 30.9 Å². The lowest BCUT2D eigenvalue weighted by molar-refractivity contribution is -0.0582. The Kier molecular flexibility index (Phi) is 3.84. The summed E-state index contributed by atoms with van der Waals surface area (Å²) in [7, 11) is 4.06. The fourth-order valence-electron chi connectivity index (χ4n) is 6.26. The molecular formula is C25H27NO3. The van der Waals surface area contributed by atoms with Crippen molar-refractivity contribution in [2.45, 2.75) is 43.1 Å². The molecule has 0 N–H and O–H groups in total. The maximum Gasteiger partial charge on any atom is 0.166 e. The molecule has 2 bridgehead atoms. The van der Waals surface area contributed by atoms with Crippen LogP contribution in [0.15, 0.2) is 54.6 Å². The van der Waals surface area contributed by atoms with Crippen molar-refractivity contribution < 1.29 is 14.2 Å². The molecule has 5 atom stereocenters. The molecule has 5 unspecified atom stereocenters. The summed E-state index contributed by atoms with van der Waals surface area (Å²) in [6, 6.07) is 15.2. The molecule has 29 heavy (non-hydrogen) atoms. The second kappa shape index (κ2) is 6.35. The van der Waals surface area contributed by atoms with Gasteiger partial charge in [0, 0.05) is 30.0 Å². The van der Waals surface area contributed by atoms with Gasteiger partial charge in [0.15, 0.2) is 11.5 Å². The first-order chi connectivity index (χ1) is 14.2. The third kappa shape index (κ3) is 2.33. The Balaban J connectivity index is 1.45. The number of hydrogen-bond acceptors (Lipinski definition) is 4. The smallest absolute Gasteiger partial charge is 0.166 e. The molecule has 1 saturated heterocycles. The number of piperidine rings is 1. The molecule has 2 heterocycles. The molecule has 4 heteroatoms. The lowest BCUT2D eigenvalue weighted by Crippen LogP contribution is -2.65. The summed E-state index contributed by atoms with van der Waals surface area (Å²) < 4.78 is 18.9. The van der Waals surface area contributed by atoms with Crippen LogP contribution in [0.4, 0.5) is 0 Å². The van der Waals surface area contributed by atoms with Gasteiger partial charge in [-0.15, -0.1) is 0 Å². The van der Waals surface area contributed by atoms with Crippen LogP contribution in [-0.4, -0.2) is 43.9 Å². The monoisotopic (exact) mass is 389 g/mol. The Bertz CT molecular complexity index is 972. The SMILES string of the molecule is COC1C=CC2C3Cc4ccc(OCc5ccccc5)c5c4C2(CCN3C)C1O5. The third-order valence-corrected chi connectivity index (χ3v) is 7.62. The molecule has 6 rings (SSSR count). The van der Waals surface area contributed by atoms with E-state index in [4.69, 9.17) is 14.2 Å². The minimum Gasteiger partial charge on any atom is -0.485 e. The van der Waals surface area contributed by atoms with Crippen molar-refractivity contribution in [1.29, 1.82) is 0 Å². The van der Waals surface area contributed by atoms with Crippen LogP contribution >= 0.6 is 0 Å². The summed E-state index contributed by atoms with van der Waals surface area (Å²) in [5, 5.41) is 0. The van der Waals surface area contributed by atoms with Gasteiger partial charge in [-0.2, -0.15) is 0 Å². The summed E-state index contributed by atoms with van der Waals surface area (Å²) in [5.41, 5.74) is 3.99. The molecule has 0 aromatic heterocycles. The van der Waals surface area contributed by atoms with Gasteiger partial charge < -0.3 is 19.1 Å². The number of likely N-dealkylation sites (tertiary alicyclic amines) is 1. The molecule has 0 saturated carbocycles. The zero-order valence-corrected chi connectivity index (χ0v) is 17.0. The molecule has 2 aromatic carbocycles. The van der Waals surface area contributed by atoms with Crippen LogP contribution in [0.1, 0.15) is 23.1 Å². The standard InChI is InChI=1S/C25H27NO3/c1-26-13-12-25-18-9-11-21(27-2)24(25)29-23-20(28-15-16-6-4-3-5-7-16)10-8-17(22(23)25)14-19(18)26/h3-11,18-19,21,24H,12-15H2,1-2H3. The van der Waals surface area contributed by atoms with Gasteiger partial charge in [-0.1, -0.05) is 48.6 Å². The molecule has 2 aliphatic heterocycles. The maximum absolute atomic E-state index is 6.72. The molecule has 0 radical (unpaired) electrons. The average molecular weight is 389 g/mol. The Morgan fingerprint density at radius 1 is 1.14 bits per heavy atom. The number of benzene rings is 2. The normalized spacial score (nSPS) is 33.9. The molecule has 2 aliphatic carbocycles. The Morgan fingerprint density at radius 2 is 2.00 bits per heavy atom. The number of likely N-dealkylation sites (N-methyl/N-ethyl adjacent to an activating group) is 1. The zero-order valence-electron chi connectivity index (χ0n) is 17.0. The number of nitrogens with zero attached hydrogens (tertiary/aromatic N) is 1. The van der Waals surface area contributed by atoms with E-state index < -0.39 is 0 Å². The van der Waals surface area contributed by atoms with Gasteiger partial charge >= 0.3 is 0 Å². The first-order valence-electron chi connectivity index (χ1n) is 10.6. The summed E-state index contributed by atoms with van der Waals surface area (Å²) >= 11 is 0. The van der Waals surface area contributed by atoms with Gasteiger partial charge in [-0.05, 0) is 43.6 Å². The van der Waals surface area contributed by atoms with Crippen LogP contribution in [0.5, 0.6) is 11.5 Å². The predicted molar refractivity (Wildman–Crippen MR) is 111 cm³/mol. The molecular weight excluding hydrogens is 362 g/mol. The highest BCUT2D eigenvalue weighted by atomic mass is 16.6. The van der Waals surface area contributed by atoms with E-state index in [1.54, 1.807) is 7.11 Å². The minimum absolute atomic E-state index is 0.00162. The van der Waals surface area contributed by atoms with Crippen LogP contribution < -0.4 is 9.47 Å². The van der Waals surface area contributed by atoms with Crippen molar-refractivity contribution in [3.63, 3.8) is 0 Å². The van der Waals surface area contributed by atoms with Crippen LogP contribution in [-0.2, 0) is 23.2 Å². The van der Waals surface area contributed by atoms with Crippen LogP contribution in [0.25, 0.3) is 0 Å². The highest BCUT2D eigenvalue weighted by Gasteiger charge is 2.64. The molecule has 0 amide bonds. The zero-order chi connectivity index (χ0) is 19.6. The van der Waals surface area contributed by atoms with E-state index in [1.165, 1.54) is 16.7 Å². The number of hydrogen-bond donors (Lipinski definition) is 0. The third-order valence-electron chi connectivity index (χ3n) is 7.62. The van der Waals surface area contributed by atoms with Gasteiger partial charge in [0.25, 0.3) is 0 Å². The predicted octanol–water partition coefficient (Wildman–Crippen LogP) is 3.73. The van der Waals surface area contributed by atoms with Crippen molar-refractivity contribution in [1.82, 2.24) is 4.90 Å². The van der Waals surface area contributed by atoms with Crippen molar-refractivity contribution >= 4 is 0 Å². The van der Waals surface area contributed by atoms with Crippen LogP contribution in [0.2, 0.25) is 0 Å². The lowest BCUT2D eigenvalue weighted by Gasteiger charge is -2.56. The van der Waals surface area contributed by atoms with E-state index in [9.17, 15) is 0 Å². The summed E-state index contributed by atoms with van der Waals surface area (Å²) in [5.74, 6) is 2.29. The molecule has 4 aliphatic rings. The Labute approximate surface area is 172 Å². The van der Waals surface area contributed by atoms with Crippen molar-refractivity contribution in [2.75, 3.05) is 20.7 Å². The first-order valence-corrected chi connectivity index (χ1v) is 10.6. The number of methoxy groups -OCH3 is 1. The molecule has 4 nitrogen and oxygen atoms in total. The van der Waals surface area contributed by atoms with Gasteiger partial charge in [0.05, 0.1) is 0 Å². The van der Waals surface area contributed by atoms with Gasteiger partial charge in [-0.25, -0.2) is 0 Å². The minimum atomic E-state index is -0.0179. The first kappa shape index (κ1) is 17.5. The average Bonchev–Trinajstić information content (AvgIpc) is 3.11. The van der Waals surface area contributed by atoms with Crippen molar-refractivity contribution in [2.24, 2.45) is 5.92 Å². The molecule has 1 fully saturated rings. The second-order valence-corrected chi connectivity index (χ2v) is 8.89. The molecule has 1 spiro atoms. The fraction of sp³-hybridized carbons (Fsp3) is 0.440. The van der Waals surface area contributed by atoms with E-state index >= 15 is 0 Å². The summed E-state index contributed by atoms with van der Waals surface area (Å²) in [6.45, 7) is 1.65.